The van der Waals surface area contributed by atoms with Gasteiger partial charge in [-0.2, -0.15) is 0 Å². The minimum absolute atomic E-state index is 0.0307. The van der Waals surface area contributed by atoms with Gasteiger partial charge in [-0.15, -0.1) is 0 Å². The van der Waals surface area contributed by atoms with Gasteiger partial charge in [0.05, 0.1) is 10.0 Å². The smallest absolute Gasteiger partial charge is 0.123 e. The third kappa shape index (κ3) is 3.64. The van der Waals surface area contributed by atoms with E-state index in [4.69, 9.17) is 34.8 Å². The first-order valence-electron chi connectivity index (χ1n) is 6.10. The molecule has 0 aliphatic rings. The van der Waals surface area contributed by atoms with E-state index in [9.17, 15) is 4.39 Å². The zero-order valence-electron chi connectivity index (χ0n) is 10.8. The Morgan fingerprint density at radius 2 is 1.80 bits per heavy atom. The van der Waals surface area contributed by atoms with Crippen LogP contribution in [-0.2, 0) is 6.54 Å². The Balaban J connectivity index is 2.11. The lowest BCUT2D eigenvalue weighted by atomic mass is 10.1. The second-order valence-electron chi connectivity index (χ2n) is 4.48. The molecule has 0 aromatic heterocycles. The quantitative estimate of drug-likeness (QED) is 0.715. The summed E-state index contributed by atoms with van der Waals surface area (Å²) in [6, 6.07) is 9.80. The molecule has 106 valence electrons. The zero-order valence-corrected chi connectivity index (χ0v) is 13.0. The van der Waals surface area contributed by atoms with Gasteiger partial charge in [0.2, 0.25) is 0 Å². The first-order valence-corrected chi connectivity index (χ1v) is 7.23. The van der Waals surface area contributed by atoms with Crippen molar-refractivity contribution < 1.29 is 4.39 Å². The summed E-state index contributed by atoms with van der Waals surface area (Å²) in [5, 5.41) is 4.72. The van der Waals surface area contributed by atoms with Crippen LogP contribution in [0.25, 0.3) is 0 Å². The maximum Gasteiger partial charge on any atom is 0.123 e. The maximum absolute atomic E-state index is 13.2. The van der Waals surface area contributed by atoms with E-state index in [0.29, 0.717) is 21.6 Å². The average Bonchev–Trinajstić information content (AvgIpc) is 2.43. The molecule has 0 unspecified atom stereocenters. The molecule has 0 aliphatic heterocycles. The summed E-state index contributed by atoms with van der Waals surface area (Å²) in [6.45, 7) is 2.40. The number of hydrogen-bond acceptors (Lipinski definition) is 1. The fourth-order valence-corrected chi connectivity index (χ4v) is 2.56. The molecule has 5 heteroatoms. The van der Waals surface area contributed by atoms with Crippen molar-refractivity contribution in [2.75, 3.05) is 0 Å². The van der Waals surface area contributed by atoms with E-state index < -0.39 is 0 Å². The third-order valence-electron chi connectivity index (χ3n) is 3.07. The van der Waals surface area contributed by atoms with Crippen LogP contribution in [0.5, 0.6) is 0 Å². The summed E-state index contributed by atoms with van der Waals surface area (Å²) in [7, 11) is 0. The lowest BCUT2D eigenvalue weighted by molar-refractivity contribution is 0.565. The molecule has 1 atom stereocenters. The van der Waals surface area contributed by atoms with Crippen LogP contribution in [0.1, 0.15) is 24.1 Å². The van der Waals surface area contributed by atoms with Crippen LogP contribution in [0.2, 0.25) is 15.1 Å². The molecule has 0 saturated carbocycles. The monoisotopic (exact) mass is 331 g/mol. The van der Waals surface area contributed by atoms with Gasteiger partial charge in [0, 0.05) is 23.2 Å². The largest absolute Gasteiger partial charge is 0.306 e. The van der Waals surface area contributed by atoms with Crippen molar-refractivity contribution in [3.05, 3.63) is 68.4 Å². The van der Waals surface area contributed by atoms with Crippen molar-refractivity contribution >= 4 is 34.8 Å². The number of rotatable bonds is 4. The Morgan fingerprint density at radius 1 is 1.10 bits per heavy atom. The Hall–Kier alpha value is -0.800. The van der Waals surface area contributed by atoms with Crippen LogP contribution in [0.4, 0.5) is 4.39 Å². The van der Waals surface area contributed by atoms with Gasteiger partial charge in [0.25, 0.3) is 0 Å². The summed E-state index contributed by atoms with van der Waals surface area (Å²) < 4.78 is 13.2. The Morgan fingerprint density at radius 3 is 2.50 bits per heavy atom. The highest BCUT2D eigenvalue weighted by Gasteiger charge is 2.12. The normalized spacial score (nSPS) is 12.4. The van der Waals surface area contributed by atoms with Crippen molar-refractivity contribution in [1.82, 2.24) is 5.32 Å². The SMILES string of the molecule is C[C@@H](NCc1c(Cl)ccc(Cl)c1Cl)c1cccc(F)c1. The standard InChI is InChI=1S/C15H13Cl3FN/c1-9(10-3-2-4-11(19)7-10)20-8-12-13(16)5-6-14(17)15(12)18/h2-7,9,20H,8H2,1H3/t9-/m1/s1. The van der Waals surface area contributed by atoms with Crippen molar-refractivity contribution in [3.63, 3.8) is 0 Å². The van der Waals surface area contributed by atoms with Gasteiger partial charge in [0.1, 0.15) is 5.82 Å². The first kappa shape index (κ1) is 15.6. The Kier molecular flexibility index (Phi) is 5.28. The van der Waals surface area contributed by atoms with Crippen molar-refractivity contribution in [2.24, 2.45) is 0 Å². The van der Waals surface area contributed by atoms with Gasteiger partial charge in [-0.1, -0.05) is 46.9 Å². The van der Waals surface area contributed by atoms with Crippen molar-refractivity contribution in [1.29, 1.82) is 0 Å². The predicted molar refractivity (Wildman–Crippen MR) is 83.1 cm³/mol. The maximum atomic E-state index is 13.2. The van der Waals surface area contributed by atoms with Gasteiger partial charge in [-0.25, -0.2) is 4.39 Å². The lowest BCUT2D eigenvalue weighted by Gasteiger charge is -2.16. The molecule has 0 spiro atoms. The summed E-state index contributed by atoms with van der Waals surface area (Å²) in [5.74, 6) is -0.255. The molecular weight excluding hydrogens is 320 g/mol. The molecule has 2 rings (SSSR count). The van der Waals surface area contributed by atoms with E-state index in [1.807, 2.05) is 13.0 Å². The molecule has 2 aromatic carbocycles. The molecule has 0 amide bonds. The van der Waals surface area contributed by atoms with Gasteiger partial charge >= 0.3 is 0 Å². The van der Waals surface area contributed by atoms with E-state index in [1.165, 1.54) is 12.1 Å². The second-order valence-corrected chi connectivity index (χ2v) is 5.67. The van der Waals surface area contributed by atoms with E-state index in [2.05, 4.69) is 5.32 Å². The highest BCUT2D eigenvalue weighted by molar-refractivity contribution is 6.44. The van der Waals surface area contributed by atoms with Crippen LogP contribution in [0, 0.1) is 5.82 Å². The van der Waals surface area contributed by atoms with E-state index in [1.54, 1.807) is 18.2 Å². The molecule has 0 radical (unpaired) electrons. The van der Waals surface area contributed by atoms with Crippen molar-refractivity contribution in [3.8, 4) is 0 Å². The Labute approximate surface area is 132 Å². The highest BCUT2D eigenvalue weighted by Crippen LogP contribution is 2.31. The van der Waals surface area contributed by atoms with E-state index in [0.717, 1.165) is 11.1 Å². The fraction of sp³-hybridized carbons (Fsp3) is 0.200. The van der Waals surface area contributed by atoms with Crippen LogP contribution < -0.4 is 5.32 Å². The minimum Gasteiger partial charge on any atom is -0.306 e. The van der Waals surface area contributed by atoms with Crippen LogP contribution in [0.15, 0.2) is 36.4 Å². The number of hydrogen-bond donors (Lipinski definition) is 1. The second kappa shape index (κ2) is 6.77. The minimum atomic E-state index is -0.255. The van der Waals surface area contributed by atoms with Crippen LogP contribution in [0.3, 0.4) is 0 Å². The number of nitrogens with one attached hydrogen (secondary N) is 1. The first-order chi connectivity index (χ1) is 9.49. The van der Waals surface area contributed by atoms with Crippen molar-refractivity contribution in [2.45, 2.75) is 19.5 Å². The molecule has 0 aliphatic carbocycles. The van der Waals surface area contributed by atoms with Gasteiger partial charge in [0.15, 0.2) is 0 Å². The molecule has 2 aromatic rings. The van der Waals surface area contributed by atoms with E-state index >= 15 is 0 Å². The van der Waals surface area contributed by atoms with Crippen LogP contribution >= 0.6 is 34.8 Å². The average molecular weight is 333 g/mol. The molecule has 0 bridgehead atoms. The lowest BCUT2D eigenvalue weighted by Crippen LogP contribution is -2.18. The molecule has 0 heterocycles. The van der Waals surface area contributed by atoms with Gasteiger partial charge in [-0.05, 0) is 36.8 Å². The molecular formula is C15H13Cl3FN. The third-order valence-corrected chi connectivity index (χ3v) is 4.27. The summed E-state index contributed by atoms with van der Waals surface area (Å²) in [6.07, 6.45) is 0. The van der Waals surface area contributed by atoms with Crippen LogP contribution in [-0.4, -0.2) is 0 Å². The Bertz CT molecular complexity index is 616. The summed E-state index contributed by atoms with van der Waals surface area (Å²) >= 11 is 18.2. The fourth-order valence-electron chi connectivity index (χ4n) is 1.88. The molecule has 1 N–H and O–H groups in total. The molecule has 0 saturated heterocycles. The highest BCUT2D eigenvalue weighted by atomic mass is 35.5. The van der Waals surface area contributed by atoms with E-state index in [-0.39, 0.29) is 11.9 Å². The topological polar surface area (TPSA) is 12.0 Å². The van der Waals surface area contributed by atoms with Gasteiger partial charge < -0.3 is 5.32 Å². The number of benzene rings is 2. The summed E-state index contributed by atoms with van der Waals surface area (Å²) in [4.78, 5) is 0. The zero-order chi connectivity index (χ0) is 14.7. The molecule has 1 nitrogen and oxygen atoms in total. The predicted octanol–water partition coefficient (Wildman–Crippen LogP) is 5.64. The summed E-state index contributed by atoms with van der Waals surface area (Å²) in [5.41, 5.74) is 1.60. The van der Waals surface area contributed by atoms with Gasteiger partial charge in [-0.3, -0.25) is 0 Å². The number of halogens is 4. The molecule has 20 heavy (non-hydrogen) atoms. The molecule has 0 fully saturated rings.